The van der Waals surface area contributed by atoms with E-state index >= 15 is 0 Å². The van der Waals surface area contributed by atoms with Crippen LogP contribution in [0.4, 0.5) is 5.82 Å². The number of rotatable bonds is 1. The molecular weight excluding hydrogens is 321 g/mol. The van der Waals surface area contributed by atoms with Crippen LogP contribution in [0.15, 0.2) is 24.4 Å². The largest absolute Gasteiger partial charge is 0.311 e. The van der Waals surface area contributed by atoms with Crippen molar-refractivity contribution < 1.29 is 4.79 Å². The highest BCUT2D eigenvalue weighted by molar-refractivity contribution is 6.36. The number of anilines is 1. The zero-order valence-electron chi connectivity index (χ0n) is 12.7. The third-order valence-corrected chi connectivity index (χ3v) is 4.46. The van der Waals surface area contributed by atoms with E-state index in [-0.39, 0.29) is 17.4 Å². The van der Waals surface area contributed by atoms with Crippen LogP contribution < -0.4 is 5.32 Å². The topological polar surface area (TPSA) is 46.9 Å². The number of nitrogens with zero attached hydrogens (tertiary/aromatic N) is 2. The van der Waals surface area contributed by atoms with Crippen LogP contribution in [0.5, 0.6) is 0 Å². The third kappa shape index (κ3) is 2.50. The molecule has 0 saturated heterocycles. The highest BCUT2D eigenvalue weighted by atomic mass is 35.5. The number of aromatic nitrogens is 2. The van der Waals surface area contributed by atoms with Gasteiger partial charge in [0, 0.05) is 27.9 Å². The first-order chi connectivity index (χ1) is 10.3. The molecule has 1 amide bonds. The average molecular weight is 338 g/mol. The number of hydrogen-bond donors (Lipinski definition) is 1. The van der Waals surface area contributed by atoms with Gasteiger partial charge in [-0.3, -0.25) is 4.79 Å². The minimum atomic E-state index is -0.229. The first-order valence-corrected chi connectivity index (χ1v) is 7.87. The van der Waals surface area contributed by atoms with E-state index in [9.17, 15) is 4.79 Å². The maximum atomic E-state index is 12.2. The summed E-state index contributed by atoms with van der Waals surface area (Å²) in [5.41, 5.74) is 1.51. The lowest BCUT2D eigenvalue weighted by Crippen LogP contribution is -2.30. The van der Waals surface area contributed by atoms with Gasteiger partial charge in [-0.1, -0.05) is 29.3 Å². The zero-order valence-corrected chi connectivity index (χ0v) is 14.2. The Balaban J connectivity index is 2.18. The Labute approximate surface area is 139 Å². The van der Waals surface area contributed by atoms with Gasteiger partial charge in [-0.05, 0) is 38.5 Å². The summed E-state index contributed by atoms with van der Waals surface area (Å²) in [6.45, 7) is 6.12. The zero-order chi connectivity index (χ0) is 16.1. The molecular formula is C16H17Cl2N3O. The van der Waals surface area contributed by atoms with Gasteiger partial charge in [-0.2, -0.15) is 5.10 Å². The number of nitrogens with one attached hydrogen (secondary N) is 1. The Morgan fingerprint density at radius 2 is 1.91 bits per heavy atom. The Kier molecular flexibility index (Phi) is 3.69. The molecule has 3 rings (SSSR count). The van der Waals surface area contributed by atoms with Crippen LogP contribution in [0.3, 0.4) is 0 Å². The second-order valence-corrected chi connectivity index (χ2v) is 7.29. The molecule has 0 bridgehead atoms. The Morgan fingerprint density at radius 1 is 1.27 bits per heavy atom. The molecule has 0 unspecified atom stereocenters. The molecule has 116 valence electrons. The molecule has 1 aromatic heterocycles. The molecule has 6 heteroatoms. The molecule has 2 heterocycles. The molecule has 0 aliphatic carbocycles. The normalized spacial score (nSPS) is 18.0. The molecule has 2 aromatic rings. The summed E-state index contributed by atoms with van der Waals surface area (Å²) in [4.78, 5) is 12.2. The van der Waals surface area contributed by atoms with Gasteiger partial charge in [-0.25, -0.2) is 4.68 Å². The van der Waals surface area contributed by atoms with Gasteiger partial charge in [0.15, 0.2) is 0 Å². The van der Waals surface area contributed by atoms with Crippen LogP contribution >= 0.6 is 23.2 Å². The SMILES string of the molecule is CC(C)(C)n1ncc2c1NC(=O)C[C@H]2c1c(Cl)cccc1Cl. The van der Waals surface area contributed by atoms with E-state index in [0.717, 1.165) is 16.9 Å². The molecule has 4 nitrogen and oxygen atoms in total. The highest BCUT2D eigenvalue weighted by Gasteiger charge is 2.34. The van der Waals surface area contributed by atoms with Gasteiger partial charge in [-0.15, -0.1) is 0 Å². The van der Waals surface area contributed by atoms with Gasteiger partial charge in [0.1, 0.15) is 5.82 Å². The molecule has 1 aromatic carbocycles. The first-order valence-electron chi connectivity index (χ1n) is 7.11. The van der Waals surface area contributed by atoms with E-state index in [1.807, 2.05) is 25.5 Å². The van der Waals surface area contributed by atoms with Crippen molar-refractivity contribution in [3.05, 3.63) is 45.6 Å². The smallest absolute Gasteiger partial charge is 0.226 e. The van der Waals surface area contributed by atoms with Crippen molar-refractivity contribution in [2.24, 2.45) is 0 Å². The number of carbonyl (C=O) groups is 1. The lowest BCUT2D eigenvalue weighted by Gasteiger charge is -2.28. The van der Waals surface area contributed by atoms with E-state index in [4.69, 9.17) is 23.2 Å². The summed E-state index contributed by atoms with van der Waals surface area (Å²) >= 11 is 12.7. The molecule has 0 radical (unpaired) electrons. The van der Waals surface area contributed by atoms with Gasteiger partial charge >= 0.3 is 0 Å². The number of benzene rings is 1. The van der Waals surface area contributed by atoms with Crippen molar-refractivity contribution in [2.75, 3.05) is 5.32 Å². The summed E-state index contributed by atoms with van der Waals surface area (Å²) in [7, 11) is 0. The monoisotopic (exact) mass is 337 g/mol. The van der Waals surface area contributed by atoms with E-state index in [0.29, 0.717) is 16.5 Å². The summed E-state index contributed by atoms with van der Waals surface area (Å²) in [6.07, 6.45) is 2.11. The summed E-state index contributed by atoms with van der Waals surface area (Å²) in [5.74, 6) is 0.491. The van der Waals surface area contributed by atoms with Crippen LogP contribution in [-0.4, -0.2) is 15.7 Å². The van der Waals surface area contributed by atoms with Crippen LogP contribution in [0.25, 0.3) is 0 Å². The second kappa shape index (κ2) is 5.28. The van der Waals surface area contributed by atoms with Crippen molar-refractivity contribution in [1.29, 1.82) is 0 Å². The number of amides is 1. The fourth-order valence-corrected chi connectivity index (χ4v) is 3.49. The Morgan fingerprint density at radius 3 is 2.50 bits per heavy atom. The van der Waals surface area contributed by atoms with Gasteiger partial charge in [0.05, 0.1) is 11.7 Å². The van der Waals surface area contributed by atoms with E-state index in [2.05, 4.69) is 10.4 Å². The molecule has 0 spiro atoms. The maximum Gasteiger partial charge on any atom is 0.226 e. The van der Waals surface area contributed by atoms with Crippen molar-refractivity contribution in [2.45, 2.75) is 38.6 Å². The van der Waals surface area contributed by atoms with Crippen molar-refractivity contribution in [3.8, 4) is 0 Å². The van der Waals surface area contributed by atoms with Gasteiger partial charge in [0.25, 0.3) is 0 Å². The average Bonchev–Trinajstić information content (AvgIpc) is 2.81. The number of halogens is 2. The molecule has 1 aliphatic rings. The first kappa shape index (κ1) is 15.4. The lowest BCUT2D eigenvalue weighted by atomic mass is 9.87. The molecule has 22 heavy (non-hydrogen) atoms. The summed E-state index contributed by atoms with van der Waals surface area (Å²) < 4.78 is 1.83. The second-order valence-electron chi connectivity index (χ2n) is 6.47. The standard InChI is InChI=1S/C16H17Cl2N3O/c1-16(2,3)21-15-10(8-19-21)9(7-13(22)20-15)14-11(17)5-4-6-12(14)18/h4-6,8-9H,7H2,1-3H3,(H,20,22)/t9-/m1/s1. The van der Waals surface area contributed by atoms with Crippen LogP contribution in [0.1, 0.15) is 44.2 Å². The fraction of sp³-hybridized carbons (Fsp3) is 0.375. The van der Waals surface area contributed by atoms with Crippen molar-refractivity contribution in [1.82, 2.24) is 9.78 Å². The molecule has 0 fully saturated rings. The number of hydrogen-bond acceptors (Lipinski definition) is 2. The minimum absolute atomic E-state index is 0.0560. The molecule has 1 atom stereocenters. The van der Waals surface area contributed by atoms with E-state index in [1.165, 1.54) is 0 Å². The third-order valence-electron chi connectivity index (χ3n) is 3.80. The van der Waals surface area contributed by atoms with Crippen LogP contribution in [0.2, 0.25) is 10.0 Å². The maximum absolute atomic E-state index is 12.2. The predicted molar refractivity (Wildman–Crippen MR) is 88.8 cm³/mol. The fourth-order valence-electron chi connectivity index (χ4n) is 2.83. The molecule has 1 N–H and O–H groups in total. The lowest BCUT2D eigenvalue weighted by molar-refractivity contribution is -0.116. The Hall–Kier alpha value is -1.52. The Bertz CT molecular complexity index is 726. The summed E-state index contributed by atoms with van der Waals surface area (Å²) in [5, 5.41) is 8.53. The van der Waals surface area contributed by atoms with Gasteiger partial charge in [0.2, 0.25) is 5.91 Å². The van der Waals surface area contributed by atoms with E-state index < -0.39 is 0 Å². The number of fused-ring (bicyclic) bond motifs is 1. The minimum Gasteiger partial charge on any atom is -0.311 e. The van der Waals surface area contributed by atoms with E-state index in [1.54, 1.807) is 24.4 Å². The number of carbonyl (C=O) groups excluding carboxylic acids is 1. The quantitative estimate of drug-likeness (QED) is 0.837. The van der Waals surface area contributed by atoms with Crippen molar-refractivity contribution in [3.63, 3.8) is 0 Å². The molecule has 0 saturated carbocycles. The van der Waals surface area contributed by atoms with Crippen LogP contribution in [-0.2, 0) is 10.3 Å². The summed E-state index contributed by atoms with van der Waals surface area (Å²) in [6, 6.07) is 5.39. The van der Waals surface area contributed by atoms with Crippen LogP contribution in [0, 0.1) is 0 Å². The van der Waals surface area contributed by atoms with Crippen molar-refractivity contribution >= 4 is 34.9 Å². The highest BCUT2D eigenvalue weighted by Crippen LogP contribution is 2.43. The van der Waals surface area contributed by atoms with Gasteiger partial charge < -0.3 is 5.32 Å². The molecule has 1 aliphatic heterocycles. The predicted octanol–water partition coefficient (Wildman–Crippen LogP) is 4.42.